The second kappa shape index (κ2) is 6.04. The number of carboxylic acids is 1. The fourth-order valence-electron chi connectivity index (χ4n) is 1.66. The molecule has 0 aromatic heterocycles. The van der Waals surface area contributed by atoms with Crippen LogP contribution < -0.4 is 0 Å². The Kier molecular flexibility index (Phi) is 4.40. The highest BCUT2D eigenvalue weighted by molar-refractivity contribution is 9.10. The summed E-state index contributed by atoms with van der Waals surface area (Å²) in [6.07, 6.45) is 1.61. The number of benzene rings is 2. The smallest absolute Gasteiger partial charge is 0.336 e. The molecule has 0 heterocycles. The number of hydrogen-bond donors (Lipinski definition) is 1. The molecule has 0 radical (unpaired) electrons. The van der Waals surface area contributed by atoms with Crippen molar-refractivity contribution in [3.05, 3.63) is 69.2 Å². The summed E-state index contributed by atoms with van der Waals surface area (Å²) in [5, 5.41) is 9.85. The highest BCUT2D eigenvalue weighted by Gasteiger charge is 2.10. The maximum absolute atomic E-state index is 11.3. The molecule has 0 amide bonds. The number of carbonyl (C=O) groups is 1. The normalized spacial score (nSPS) is 11.4. The molecule has 96 valence electrons. The van der Waals surface area contributed by atoms with Gasteiger partial charge in [0, 0.05) is 4.47 Å². The van der Waals surface area contributed by atoms with Gasteiger partial charge in [0.2, 0.25) is 0 Å². The van der Waals surface area contributed by atoms with Crippen molar-refractivity contribution in [3.8, 4) is 0 Å². The summed E-state index contributed by atoms with van der Waals surface area (Å²) in [4.78, 5) is 11.3. The molecule has 0 bridgehead atoms. The minimum atomic E-state index is -0.967. The molecule has 1 N–H and O–H groups in total. The molecule has 19 heavy (non-hydrogen) atoms. The van der Waals surface area contributed by atoms with E-state index in [4.69, 9.17) is 11.6 Å². The Morgan fingerprint density at radius 3 is 2.42 bits per heavy atom. The summed E-state index contributed by atoms with van der Waals surface area (Å²) in [7, 11) is 0. The molecule has 0 unspecified atom stereocenters. The van der Waals surface area contributed by atoms with Crippen molar-refractivity contribution < 1.29 is 9.90 Å². The molecular weight excluding hydrogens is 328 g/mol. The van der Waals surface area contributed by atoms with Gasteiger partial charge in [0.05, 0.1) is 10.6 Å². The van der Waals surface area contributed by atoms with Crippen LogP contribution >= 0.6 is 27.5 Å². The van der Waals surface area contributed by atoms with Crippen molar-refractivity contribution in [2.45, 2.75) is 0 Å². The van der Waals surface area contributed by atoms with Gasteiger partial charge in [-0.05, 0) is 45.3 Å². The summed E-state index contributed by atoms with van der Waals surface area (Å²) in [5.74, 6) is -0.967. The molecule has 0 saturated heterocycles. The zero-order chi connectivity index (χ0) is 13.8. The average molecular weight is 338 g/mol. The molecule has 2 nitrogen and oxygen atoms in total. The summed E-state index contributed by atoms with van der Waals surface area (Å²) in [6, 6.07) is 14.3. The van der Waals surface area contributed by atoms with Crippen LogP contribution in [0.15, 0.2) is 53.0 Å². The van der Waals surface area contributed by atoms with Gasteiger partial charge in [-0.2, -0.15) is 0 Å². The minimum Gasteiger partial charge on any atom is -0.478 e. The van der Waals surface area contributed by atoms with Crippen molar-refractivity contribution >= 4 is 45.1 Å². The first-order chi connectivity index (χ1) is 9.08. The number of aliphatic carboxylic acids is 1. The van der Waals surface area contributed by atoms with Crippen LogP contribution in [0.5, 0.6) is 0 Å². The fraction of sp³-hybridized carbons (Fsp3) is 0. The lowest BCUT2D eigenvalue weighted by Crippen LogP contribution is -1.99. The van der Waals surface area contributed by atoms with E-state index in [1.807, 2.05) is 12.1 Å². The molecule has 2 aromatic rings. The lowest BCUT2D eigenvalue weighted by Gasteiger charge is -2.04. The Hall–Kier alpha value is -1.58. The summed E-state index contributed by atoms with van der Waals surface area (Å²) >= 11 is 9.30. The van der Waals surface area contributed by atoms with Gasteiger partial charge in [-0.3, -0.25) is 0 Å². The third kappa shape index (κ3) is 3.46. The molecule has 0 fully saturated rings. The van der Waals surface area contributed by atoms with E-state index < -0.39 is 5.97 Å². The Morgan fingerprint density at radius 1 is 1.16 bits per heavy atom. The molecule has 2 rings (SSSR count). The van der Waals surface area contributed by atoms with E-state index in [0.29, 0.717) is 10.6 Å². The van der Waals surface area contributed by atoms with E-state index in [2.05, 4.69) is 15.9 Å². The third-order valence-corrected chi connectivity index (χ3v) is 3.80. The Bertz CT molecular complexity index is 636. The number of halogens is 2. The van der Waals surface area contributed by atoms with Gasteiger partial charge < -0.3 is 5.11 Å². The first kappa shape index (κ1) is 13.8. The standard InChI is InChI=1S/C15H10BrClO2/c16-13-7-6-10(9-14(13)17)8-12(15(18)19)11-4-2-1-3-5-11/h1-9H,(H,18,19)/b12-8+. The molecule has 4 heteroatoms. The van der Waals surface area contributed by atoms with Crippen LogP contribution in [-0.2, 0) is 4.79 Å². The Labute approximate surface area is 124 Å². The van der Waals surface area contributed by atoms with Crippen LogP contribution in [-0.4, -0.2) is 11.1 Å². The van der Waals surface area contributed by atoms with Gasteiger partial charge in [-0.15, -0.1) is 0 Å². The molecule has 0 aliphatic rings. The highest BCUT2D eigenvalue weighted by Crippen LogP contribution is 2.26. The molecule has 0 spiro atoms. The number of rotatable bonds is 3. The van der Waals surface area contributed by atoms with Crippen LogP contribution in [0.1, 0.15) is 11.1 Å². The lowest BCUT2D eigenvalue weighted by atomic mass is 10.0. The van der Waals surface area contributed by atoms with Gasteiger partial charge in [0.25, 0.3) is 0 Å². The van der Waals surface area contributed by atoms with E-state index in [1.165, 1.54) is 0 Å². The summed E-state index contributed by atoms with van der Waals surface area (Å²) < 4.78 is 0.780. The van der Waals surface area contributed by atoms with Gasteiger partial charge >= 0.3 is 5.97 Å². The van der Waals surface area contributed by atoms with Crippen molar-refractivity contribution in [3.63, 3.8) is 0 Å². The maximum Gasteiger partial charge on any atom is 0.336 e. The quantitative estimate of drug-likeness (QED) is 0.649. The lowest BCUT2D eigenvalue weighted by molar-refractivity contribution is -0.130. The van der Waals surface area contributed by atoms with Crippen molar-refractivity contribution in [2.24, 2.45) is 0 Å². The SMILES string of the molecule is O=C(O)/C(=C/c1ccc(Br)c(Cl)c1)c1ccccc1. The fourth-order valence-corrected chi connectivity index (χ4v) is 2.09. The largest absolute Gasteiger partial charge is 0.478 e. The first-order valence-corrected chi connectivity index (χ1v) is 6.70. The van der Waals surface area contributed by atoms with E-state index in [1.54, 1.807) is 42.5 Å². The Morgan fingerprint density at radius 2 is 1.84 bits per heavy atom. The molecular formula is C15H10BrClO2. The van der Waals surface area contributed by atoms with E-state index in [-0.39, 0.29) is 5.57 Å². The second-order valence-electron chi connectivity index (χ2n) is 3.90. The Balaban J connectivity index is 2.47. The first-order valence-electron chi connectivity index (χ1n) is 5.53. The van der Waals surface area contributed by atoms with E-state index in [9.17, 15) is 9.90 Å². The zero-order valence-corrected chi connectivity index (χ0v) is 12.1. The van der Waals surface area contributed by atoms with E-state index >= 15 is 0 Å². The second-order valence-corrected chi connectivity index (χ2v) is 5.16. The van der Waals surface area contributed by atoms with Gasteiger partial charge in [-0.1, -0.05) is 48.0 Å². The van der Waals surface area contributed by atoms with Crippen LogP contribution in [0.4, 0.5) is 0 Å². The number of hydrogen-bond acceptors (Lipinski definition) is 1. The topological polar surface area (TPSA) is 37.3 Å². The summed E-state index contributed by atoms with van der Waals surface area (Å²) in [5.41, 5.74) is 1.64. The third-order valence-electron chi connectivity index (χ3n) is 2.57. The van der Waals surface area contributed by atoms with Crippen molar-refractivity contribution in [1.29, 1.82) is 0 Å². The predicted octanol–water partition coefficient (Wildman–Crippen LogP) is 4.73. The molecule has 2 aromatic carbocycles. The van der Waals surface area contributed by atoms with Crippen LogP contribution in [0.2, 0.25) is 5.02 Å². The molecule has 0 atom stereocenters. The maximum atomic E-state index is 11.3. The van der Waals surface area contributed by atoms with Gasteiger partial charge in [-0.25, -0.2) is 4.79 Å². The van der Waals surface area contributed by atoms with Crippen LogP contribution in [0.25, 0.3) is 11.6 Å². The molecule has 0 aliphatic carbocycles. The van der Waals surface area contributed by atoms with E-state index in [0.717, 1.165) is 10.0 Å². The number of carboxylic acid groups (broad SMARTS) is 1. The predicted molar refractivity (Wildman–Crippen MR) is 81.1 cm³/mol. The monoisotopic (exact) mass is 336 g/mol. The van der Waals surface area contributed by atoms with Crippen LogP contribution in [0, 0.1) is 0 Å². The van der Waals surface area contributed by atoms with Crippen LogP contribution in [0.3, 0.4) is 0 Å². The molecule has 0 saturated carbocycles. The average Bonchev–Trinajstić information content (AvgIpc) is 2.40. The van der Waals surface area contributed by atoms with Crippen molar-refractivity contribution in [2.75, 3.05) is 0 Å². The van der Waals surface area contributed by atoms with Crippen molar-refractivity contribution in [1.82, 2.24) is 0 Å². The minimum absolute atomic E-state index is 0.235. The van der Waals surface area contributed by atoms with Gasteiger partial charge in [0.15, 0.2) is 0 Å². The summed E-state index contributed by atoms with van der Waals surface area (Å²) in [6.45, 7) is 0. The highest BCUT2D eigenvalue weighted by atomic mass is 79.9. The van der Waals surface area contributed by atoms with Gasteiger partial charge in [0.1, 0.15) is 0 Å². The molecule has 0 aliphatic heterocycles. The zero-order valence-electron chi connectivity index (χ0n) is 9.81.